The Morgan fingerprint density at radius 3 is 2.79 bits per heavy atom. The maximum absolute atomic E-state index is 11.7. The number of hydrogen-bond donors (Lipinski definition) is 1. The van der Waals surface area contributed by atoms with E-state index in [4.69, 9.17) is 18.9 Å². The molecule has 0 saturated carbocycles. The summed E-state index contributed by atoms with van der Waals surface area (Å²) >= 11 is 0. The Kier molecular flexibility index (Phi) is 7.58. The quantitative estimate of drug-likeness (QED) is 0.423. The number of benzene rings is 1. The maximum atomic E-state index is 11.7. The summed E-state index contributed by atoms with van der Waals surface area (Å²) in [6, 6.07) is 5.97. The topological polar surface area (TPSA) is 66.0 Å². The van der Waals surface area contributed by atoms with Gasteiger partial charge in [0.25, 0.3) is 0 Å². The second kappa shape index (κ2) is 9.95. The van der Waals surface area contributed by atoms with Gasteiger partial charge in [0.1, 0.15) is 19.8 Å². The van der Waals surface area contributed by atoms with Crippen LogP contribution in [0.1, 0.15) is 19.4 Å². The van der Waals surface area contributed by atoms with Crippen LogP contribution in [0.4, 0.5) is 0 Å². The van der Waals surface area contributed by atoms with Crippen LogP contribution in [0.25, 0.3) is 6.08 Å². The molecular weight excluding hydrogens is 310 g/mol. The molecule has 6 heteroatoms. The first kappa shape index (κ1) is 18.3. The van der Waals surface area contributed by atoms with Gasteiger partial charge in [-0.1, -0.05) is 19.9 Å². The number of ether oxygens (including phenoxy) is 4. The van der Waals surface area contributed by atoms with Crippen LogP contribution >= 0.6 is 0 Å². The van der Waals surface area contributed by atoms with Crippen molar-refractivity contribution in [2.75, 3.05) is 39.6 Å². The molecule has 2 rings (SSSR count). The first-order chi connectivity index (χ1) is 11.6. The number of hydrogen-bond acceptors (Lipinski definition) is 6. The maximum Gasteiger partial charge on any atom is 0.330 e. The highest BCUT2D eigenvalue weighted by Gasteiger charge is 2.10. The number of carbonyl (C=O) groups is 1. The van der Waals surface area contributed by atoms with Gasteiger partial charge in [-0.15, -0.1) is 0 Å². The Labute approximate surface area is 142 Å². The Morgan fingerprint density at radius 2 is 2.00 bits per heavy atom. The Balaban J connectivity index is 1.64. The third kappa shape index (κ3) is 6.60. The van der Waals surface area contributed by atoms with E-state index < -0.39 is 5.97 Å². The minimum atomic E-state index is -0.395. The molecule has 1 heterocycles. The molecule has 0 bridgehead atoms. The fraction of sp³-hybridized carbons (Fsp3) is 0.500. The van der Waals surface area contributed by atoms with Crippen molar-refractivity contribution in [3.63, 3.8) is 0 Å². The number of fused-ring (bicyclic) bond motifs is 1. The van der Waals surface area contributed by atoms with Gasteiger partial charge in [-0.2, -0.15) is 0 Å². The van der Waals surface area contributed by atoms with E-state index in [1.54, 1.807) is 6.08 Å². The molecule has 0 unspecified atom stereocenters. The predicted octanol–water partition coefficient (Wildman–Crippen LogP) is 2.03. The van der Waals surface area contributed by atoms with E-state index in [9.17, 15) is 4.79 Å². The van der Waals surface area contributed by atoms with Gasteiger partial charge in [-0.3, -0.25) is 0 Å². The number of carbonyl (C=O) groups excluding carboxylic acids is 1. The van der Waals surface area contributed by atoms with E-state index in [0.717, 1.165) is 17.9 Å². The Bertz CT molecular complexity index is 556. The first-order valence-corrected chi connectivity index (χ1v) is 8.21. The van der Waals surface area contributed by atoms with Crippen LogP contribution in [0.2, 0.25) is 0 Å². The average Bonchev–Trinajstić information content (AvgIpc) is 2.58. The van der Waals surface area contributed by atoms with Crippen LogP contribution in [0.15, 0.2) is 24.3 Å². The Morgan fingerprint density at radius 1 is 1.21 bits per heavy atom. The highest BCUT2D eigenvalue weighted by Crippen LogP contribution is 2.31. The lowest BCUT2D eigenvalue weighted by molar-refractivity contribution is -0.139. The lowest BCUT2D eigenvalue weighted by Crippen LogP contribution is -2.27. The van der Waals surface area contributed by atoms with Crippen molar-refractivity contribution >= 4 is 12.0 Å². The van der Waals surface area contributed by atoms with Gasteiger partial charge in [-0.25, -0.2) is 4.79 Å². The van der Waals surface area contributed by atoms with Gasteiger partial charge in [0, 0.05) is 18.7 Å². The summed E-state index contributed by atoms with van der Waals surface area (Å²) in [5, 5.41) is 3.24. The van der Waals surface area contributed by atoms with Crippen molar-refractivity contribution in [3.8, 4) is 11.5 Å². The summed E-state index contributed by atoms with van der Waals surface area (Å²) in [5.41, 5.74) is 0.854. The predicted molar refractivity (Wildman–Crippen MR) is 91.4 cm³/mol. The SMILES string of the molecule is CC(C)NCCOCCOC(=O)/C=C/c1ccc2c(c1)OCCO2. The molecule has 1 aliphatic rings. The molecule has 0 spiro atoms. The van der Waals surface area contributed by atoms with E-state index in [1.165, 1.54) is 6.08 Å². The molecule has 1 N–H and O–H groups in total. The standard InChI is InChI=1S/C18H25NO5/c1-14(2)19-7-8-21-9-10-24-18(20)6-4-15-3-5-16-17(13-15)23-12-11-22-16/h3-6,13-14,19H,7-12H2,1-2H3/b6-4+. The first-order valence-electron chi connectivity index (χ1n) is 8.21. The molecule has 24 heavy (non-hydrogen) atoms. The fourth-order valence-corrected chi connectivity index (χ4v) is 2.10. The average molecular weight is 335 g/mol. The van der Waals surface area contributed by atoms with E-state index >= 15 is 0 Å². The van der Waals surface area contributed by atoms with E-state index in [-0.39, 0.29) is 6.61 Å². The van der Waals surface area contributed by atoms with Gasteiger partial charge in [0.15, 0.2) is 11.5 Å². The van der Waals surface area contributed by atoms with Crippen LogP contribution in [-0.4, -0.2) is 51.6 Å². The second-order valence-electron chi connectivity index (χ2n) is 5.63. The van der Waals surface area contributed by atoms with Crippen molar-refractivity contribution in [2.24, 2.45) is 0 Å². The highest BCUT2D eigenvalue weighted by atomic mass is 16.6. The summed E-state index contributed by atoms with van der Waals surface area (Å²) in [6.45, 7) is 7.28. The molecule has 0 radical (unpaired) electrons. The van der Waals surface area contributed by atoms with Crippen LogP contribution in [0.3, 0.4) is 0 Å². The van der Waals surface area contributed by atoms with Gasteiger partial charge >= 0.3 is 5.97 Å². The minimum absolute atomic E-state index is 0.242. The number of nitrogens with one attached hydrogen (secondary N) is 1. The summed E-state index contributed by atoms with van der Waals surface area (Å²) < 4.78 is 21.4. The minimum Gasteiger partial charge on any atom is -0.486 e. The van der Waals surface area contributed by atoms with E-state index in [2.05, 4.69) is 19.2 Å². The van der Waals surface area contributed by atoms with E-state index in [1.807, 2.05) is 18.2 Å². The molecule has 1 aromatic carbocycles. The van der Waals surface area contributed by atoms with Crippen molar-refractivity contribution in [1.82, 2.24) is 5.32 Å². The normalized spacial score (nSPS) is 13.5. The van der Waals surface area contributed by atoms with E-state index in [0.29, 0.717) is 38.2 Å². The summed E-state index contributed by atoms with van der Waals surface area (Å²) in [4.78, 5) is 11.7. The molecule has 0 fully saturated rings. The molecule has 0 aliphatic carbocycles. The lowest BCUT2D eigenvalue weighted by Gasteiger charge is -2.18. The van der Waals surface area contributed by atoms with Gasteiger partial charge in [-0.05, 0) is 23.8 Å². The van der Waals surface area contributed by atoms with Crippen molar-refractivity contribution in [3.05, 3.63) is 29.8 Å². The second-order valence-corrected chi connectivity index (χ2v) is 5.63. The molecule has 0 atom stereocenters. The third-order valence-electron chi connectivity index (χ3n) is 3.25. The monoisotopic (exact) mass is 335 g/mol. The van der Waals surface area contributed by atoms with Crippen molar-refractivity contribution < 1.29 is 23.7 Å². The van der Waals surface area contributed by atoms with Crippen molar-refractivity contribution in [1.29, 1.82) is 0 Å². The molecule has 0 aromatic heterocycles. The molecule has 1 aliphatic heterocycles. The highest BCUT2D eigenvalue weighted by molar-refractivity contribution is 5.87. The van der Waals surface area contributed by atoms with Gasteiger partial charge < -0.3 is 24.3 Å². The zero-order chi connectivity index (χ0) is 17.2. The number of rotatable bonds is 9. The molecule has 1 aromatic rings. The zero-order valence-electron chi connectivity index (χ0n) is 14.2. The van der Waals surface area contributed by atoms with Crippen LogP contribution in [0.5, 0.6) is 11.5 Å². The van der Waals surface area contributed by atoms with Crippen molar-refractivity contribution in [2.45, 2.75) is 19.9 Å². The van der Waals surface area contributed by atoms with Crippen LogP contribution in [-0.2, 0) is 14.3 Å². The van der Waals surface area contributed by atoms with Crippen LogP contribution in [0, 0.1) is 0 Å². The molecule has 132 valence electrons. The smallest absolute Gasteiger partial charge is 0.330 e. The lowest BCUT2D eigenvalue weighted by atomic mass is 10.2. The summed E-state index contributed by atoms with van der Waals surface area (Å²) in [6.07, 6.45) is 3.08. The summed E-state index contributed by atoms with van der Waals surface area (Å²) in [5.74, 6) is 1.03. The fourth-order valence-electron chi connectivity index (χ4n) is 2.10. The molecule has 6 nitrogen and oxygen atoms in total. The van der Waals surface area contributed by atoms with Gasteiger partial charge in [0.2, 0.25) is 0 Å². The van der Waals surface area contributed by atoms with Gasteiger partial charge in [0.05, 0.1) is 13.2 Å². The summed E-state index contributed by atoms with van der Waals surface area (Å²) in [7, 11) is 0. The number of esters is 1. The largest absolute Gasteiger partial charge is 0.486 e. The van der Waals surface area contributed by atoms with Crippen LogP contribution < -0.4 is 14.8 Å². The molecule has 0 amide bonds. The Hall–Kier alpha value is -2.05. The molecular formula is C18H25NO5. The zero-order valence-corrected chi connectivity index (χ0v) is 14.2. The molecule has 0 saturated heterocycles. The third-order valence-corrected chi connectivity index (χ3v) is 3.25.